The van der Waals surface area contributed by atoms with Crippen LogP contribution in [0.4, 0.5) is 0 Å². The highest BCUT2D eigenvalue weighted by molar-refractivity contribution is 6.01. The Morgan fingerprint density at radius 1 is 1.38 bits per heavy atom. The summed E-state index contributed by atoms with van der Waals surface area (Å²) < 4.78 is 0. The van der Waals surface area contributed by atoms with E-state index in [4.69, 9.17) is 11.5 Å². The van der Waals surface area contributed by atoms with Crippen molar-refractivity contribution in [2.45, 2.75) is 6.92 Å². The Kier molecular flexibility index (Phi) is 2.55. The second kappa shape index (κ2) is 4.01. The zero-order valence-electron chi connectivity index (χ0n) is 8.81. The number of fused-ring (bicyclic) bond motifs is 1. The van der Waals surface area contributed by atoms with Gasteiger partial charge in [-0.1, -0.05) is 0 Å². The number of pyridine rings is 1. The van der Waals surface area contributed by atoms with Crippen LogP contribution < -0.4 is 11.5 Å². The van der Waals surface area contributed by atoms with Crippen LogP contribution in [-0.4, -0.2) is 21.6 Å². The average molecular weight is 216 g/mol. The average Bonchev–Trinajstić information content (AvgIpc) is 2.69. The number of hydrogen-bond acceptors (Lipinski definition) is 3. The van der Waals surface area contributed by atoms with Crippen LogP contribution in [0.5, 0.6) is 0 Å². The van der Waals surface area contributed by atoms with Crippen LogP contribution in [0.1, 0.15) is 12.6 Å². The molecule has 0 unspecified atom stereocenters. The highest BCUT2D eigenvalue weighted by Gasteiger charge is 2.02. The standard InChI is InChI=1S/C10H12N6/c1-6(15-16-10(11)12)8-4-7-2-3-13-5-9(7)14-8/h2-5,14H,1H3,(H4,11,12,16). The minimum Gasteiger partial charge on any atom is -0.369 e. The lowest BCUT2D eigenvalue weighted by molar-refractivity contribution is 1.19. The summed E-state index contributed by atoms with van der Waals surface area (Å²) in [6, 6.07) is 3.89. The lowest BCUT2D eigenvalue weighted by Gasteiger charge is -1.92. The molecule has 0 aliphatic heterocycles. The number of nitrogens with two attached hydrogens (primary N) is 2. The molecule has 0 amide bonds. The van der Waals surface area contributed by atoms with E-state index in [0.717, 1.165) is 16.6 Å². The Balaban J connectivity index is 2.40. The van der Waals surface area contributed by atoms with Gasteiger partial charge in [-0.15, -0.1) is 5.10 Å². The number of H-pyrrole nitrogens is 1. The fraction of sp³-hybridized carbons (Fsp3) is 0.100. The van der Waals surface area contributed by atoms with E-state index in [1.54, 1.807) is 12.4 Å². The highest BCUT2D eigenvalue weighted by Crippen LogP contribution is 2.13. The van der Waals surface area contributed by atoms with E-state index in [9.17, 15) is 0 Å². The van der Waals surface area contributed by atoms with Gasteiger partial charge in [-0.2, -0.15) is 5.10 Å². The third-order valence-electron chi connectivity index (χ3n) is 2.13. The Hall–Kier alpha value is -2.37. The summed E-state index contributed by atoms with van der Waals surface area (Å²) in [4.78, 5) is 7.20. The Morgan fingerprint density at radius 2 is 2.19 bits per heavy atom. The summed E-state index contributed by atoms with van der Waals surface area (Å²) in [5.41, 5.74) is 12.9. The van der Waals surface area contributed by atoms with Crippen LogP contribution in [-0.2, 0) is 0 Å². The van der Waals surface area contributed by atoms with E-state index in [1.165, 1.54) is 0 Å². The summed E-state index contributed by atoms with van der Waals surface area (Å²) >= 11 is 0. The number of rotatable bonds is 2. The van der Waals surface area contributed by atoms with Crippen molar-refractivity contribution >= 4 is 22.6 Å². The van der Waals surface area contributed by atoms with E-state index in [-0.39, 0.29) is 5.96 Å². The summed E-state index contributed by atoms with van der Waals surface area (Å²) in [6.07, 6.45) is 3.50. The van der Waals surface area contributed by atoms with Crippen molar-refractivity contribution in [3.8, 4) is 0 Å². The lowest BCUT2D eigenvalue weighted by atomic mass is 10.2. The number of aromatic nitrogens is 2. The van der Waals surface area contributed by atoms with Gasteiger partial charge in [0.05, 0.1) is 23.1 Å². The molecule has 2 rings (SSSR count). The molecule has 0 saturated heterocycles. The minimum absolute atomic E-state index is 0.0582. The lowest BCUT2D eigenvalue weighted by Crippen LogP contribution is -2.22. The fourth-order valence-electron chi connectivity index (χ4n) is 1.35. The second-order valence-electron chi connectivity index (χ2n) is 3.36. The first-order valence-electron chi connectivity index (χ1n) is 4.73. The largest absolute Gasteiger partial charge is 0.369 e. The zero-order chi connectivity index (χ0) is 11.5. The molecule has 0 spiro atoms. The second-order valence-corrected chi connectivity index (χ2v) is 3.36. The summed E-state index contributed by atoms with van der Waals surface area (Å²) in [5.74, 6) is -0.0582. The van der Waals surface area contributed by atoms with Gasteiger partial charge in [-0.05, 0) is 19.1 Å². The molecule has 6 nitrogen and oxygen atoms in total. The van der Waals surface area contributed by atoms with Crippen molar-refractivity contribution in [3.05, 3.63) is 30.2 Å². The molecule has 0 bridgehead atoms. The molecule has 16 heavy (non-hydrogen) atoms. The van der Waals surface area contributed by atoms with Crippen molar-refractivity contribution < 1.29 is 0 Å². The third kappa shape index (κ3) is 2.00. The van der Waals surface area contributed by atoms with Crippen molar-refractivity contribution in [1.82, 2.24) is 9.97 Å². The van der Waals surface area contributed by atoms with Gasteiger partial charge in [-0.25, -0.2) is 0 Å². The van der Waals surface area contributed by atoms with E-state index in [1.807, 2.05) is 19.1 Å². The Morgan fingerprint density at radius 3 is 2.88 bits per heavy atom. The zero-order valence-corrected chi connectivity index (χ0v) is 8.81. The predicted molar refractivity (Wildman–Crippen MR) is 64.1 cm³/mol. The number of guanidine groups is 1. The molecule has 82 valence electrons. The molecule has 0 fully saturated rings. The SMILES string of the molecule is CC(=NN=C(N)N)c1cc2ccncc2[nH]1. The first-order chi connectivity index (χ1) is 7.66. The number of hydrogen-bond donors (Lipinski definition) is 3. The van der Waals surface area contributed by atoms with Crippen molar-refractivity contribution in [2.75, 3.05) is 0 Å². The molecule has 0 saturated carbocycles. The van der Waals surface area contributed by atoms with Gasteiger partial charge in [0.15, 0.2) is 0 Å². The molecule has 0 radical (unpaired) electrons. The van der Waals surface area contributed by atoms with Crippen molar-refractivity contribution in [2.24, 2.45) is 21.7 Å². The molecule has 0 aliphatic carbocycles. The van der Waals surface area contributed by atoms with Gasteiger partial charge >= 0.3 is 0 Å². The highest BCUT2D eigenvalue weighted by atomic mass is 15.3. The molecular weight excluding hydrogens is 204 g/mol. The first kappa shape index (κ1) is 10.2. The Bertz CT molecular complexity index is 528. The van der Waals surface area contributed by atoms with E-state index < -0.39 is 0 Å². The minimum atomic E-state index is -0.0582. The molecule has 5 N–H and O–H groups in total. The quantitative estimate of drug-likeness (QED) is 0.388. The molecule has 0 aromatic carbocycles. The maximum absolute atomic E-state index is 5.19. The molecule has 6 heteroatoms. The van der Waals surface area contributed by atoms with Crippen LogP contribution in [0.3, 0.4) is 0 Å². The topological polar surface area (TPSA) is 105 Å². The fourth-order valence-corrected chi connectivity index (χ4v) is 1.35. The van der Waals surface area contributed by atoms with Gasteiger partial charge in [0, 0.05) is 11.6 Å². The Labute approximate surface area is 92.1 Å². The van der Waals surface area contributed by atoms with Crippen LogP contribution >= 0.6 is 0 Å². The summed E-state index contributed by atoms with van der Waals surface area (Å²) in [6.45, 7) is 1.82. The summed E-state index contributed by atoms with van der Waals surface area (Å²) in [7, 11) is 0. The van der Waals surface area contributed by atoms with Crippen molar-refractivity contribution in [3.63, 3.8) is 0 Å². The smallest absolute Gasteiger partial charge is 0.211 e. The molecule has 2 aromatic heterocycles. The third-order valence-corrected chi connectivity index (χ3v) is 2.13. The van der Waals surface area contributed by atoms with Gasteiger partial charge in [0.2, 0.25) is 5.96 Å². The molecular formula is C10H12N6. The maximum Gasteiger partial charge on any atom is 0.211 e. The molecule has 0 aliphatic rings. The van der Waals surface area contributed by atoms with Crippen LogP contribution in [0.2, 0.25) is 0 Å². The van der Waals surface area contributed by atoms with Gasteiger partial charge in [-0.3, -0.25) is 4.98 Å². The molecule has 2 aromatic rings. The van der Waals surface area contributed by atoms with E-state index in [0.29, 0.717) is 5.71 Å². The number of nitrogens with one attached hydrogen (secondary N) is 1. The van der Waals surface area contributed by atoms with Gasteiger partial charge < -0.3 is 16.5 Å². The van der Waals surface area contributed by atoms with Crippen molar-refractivity contribution in [1.29, 1.82) is 0 Å². The molecule has 0 atom stereocenters. The van der Waals surface area contributed by atoms with E-state index in [2.05, 4.69) is 20.2 Å². The first-order valence-corrected chi connectivity index (χ1v) is 4.73. The van der Waals surface area contributed by atoms with E-state index >= 15 is 0 Å². The normalized spacial score (nSPS) is 11.7. The van der Waals surface area contributed by atoms with Gasteiger partial charge in [0.25, 0.3) is 0 Å². The summed E-state index contributed by atoms with van der Waals surface area (Å²) in [5, 5.41) is 8.56. The number of aromatic amines is 1. The monoisotopic (exact) mass is 216 g/mol. The van der Waals surface area contributed by atoms with Crippen LogP contribution in [0.15, 0.2) is 34.7 Å². The maximum atomic E-state index is 5.19. The van der Waals surface area contributed by atoms with Gasteiger partial charge in [0.1, 0.15) is 0 Å². The predicted octanol–water partition coefficient (Wildman–Crippen LogP) is 0.560. The number of nitrogens with zero attached hydrogens (tertiary/aromatic N) is 3. The van der Waals surface area contributed by atoms with Crippen LogP contribution in [0, 0.1) is 0 Å². The molecule has 2 heterocycles. The van der Waals surface area contributed by atoms with Crippen LogP contribution in [0.25, 0.3) is 10.9 Å².